The third kappa shape index (κ3) is 3.12. The highest BCUT2D eigenvalue weighted by Crippen LogP contribution is 2.30. The average Bonchev–Trinajstić information content (AvgIpc) is 2.76. The first-order chi connectivity index (χ1) is 8.64. The summed E-state index contributed by atoms with van der Waals surface area (Å²) in [5, 5.41) is 14.7. The van der Waals surface area contributed by atoms with Crippen LogP contribution >= 0.6 is 27.3 Å². The summed E-state index contributed by atoms with van der Waals surface area (Å²) in [6.07, 6.45) is 1.17. The largest absolute Gasteiger partial charge is 0.481 e. The molecule has 1 aromatic rings. The molecule has 1 fully saturated rings. The molecule has 6 heteroatoms. The maximum Gasteiger partial charge on any atom is 0.311 e. The number of ether oxygens (including phenoxy) is 1. The summed E-state index contributed by atoms with van der Waals surface area (Å²) in [7, 11) is 0. The summed E-state index contributed by atoms with van der Waals surface area (Å²) < 4.78 is 6.35. The smallest absolute Gasteiger partial charge is 0.311 e. The lowest BCUT2D eigenvalue weighted by atomic mass is 9.80. The summed E-state index contributed by atoms with van der Waals surface area (Å²) in [6, 6.07) is 2.04. The second kappa shape index (κ2) is 6.14. The summed E-state index contributed by atoms with van der Waals surface area (Å²) in [6.45, 7) is 2.26. The van der Waals surface area contributed by atoms with Crippen molar-refractivity contribution >= 4 is 33.2 Å². The van der Waals surface area contributed by atoms with E-state index in [0.717, 1.165) is 3.79 Å². The fourth-order valence-electron chi connectivity index (χ4n) is 2.11. The van der Waals surface area contributed by atoms with Gasteiger partial charge in [-0.25, -0.2) is 0 Å². The highest BCUT2D eigenvalue weighted by atomic mass is 79.9. The average molecular weight is 334 g/mol. The van der Waals surface area contributed by atoms with E-state index in [1.807, 2.05) is 11.4 Å². The lowest BCUT2D eigenvalue weighted by molar-refractivity contribution is -0.154. The molecule has 1 aliphatic heterocycles. The number of carboxylic acid groups (broad SMARTS) is 1. The Morgan fingerprint density at radius 2 is 2.28 bits per heavy atom. The van der Waals surface area contributed by atoms with Gasteiger partial charge in [-0.3, -0.25) is 4.79 Å². The van der Waals surface area contributed by atoms with Crippen LogP contribution in [0.1, 0.15) is 18.4 Å². The summed E-state index contributed by atoms with van der Waals surface area (Å²) in [4.78, 5) is 11.4. The second-order valence-electron chi connectivity index (χ2n) is 4.52. The number of carbonyl (C=O) groups is 1. The van der Waals surface area contributed by atoms with Crippen molar-refractivity contribution in [3.8, 4) is 0 Å². The molecule has 4 nitrogen and oxygen atoms in total. The van der Waals surface area contributed by atoms with E-state index < -0.39 is 11.4 Å². The standard InChI is InChI=1S/C12H16BrNO3S/c13-10-9(1-6-18-10)7-14-8-12(11(15)16)2-4-17-5-3-12/h1,6,14H,2-5,7-8H2,(H,15,16). The monoisotopic (exact) mass is 333 g/mol. The fourth-order valence-corrected chi connectivity index (χ4v) is 3.35. The number of aliphatic carboxylic acids is 1. The lowest BCUT2D eigenvalue weighted by Crippen LogP contribution is -2.44. The molecule has 0 spiro atoms. The maximum absolute atomic E-state index is 11.4. The Kier molecular flexibility index (Phi) is 4.77. The number of carboxylic acids is 1. The Morgan fingerprint density at radius 1 is 1.56 bits per heavy atom. The van der Waals surface area contributed by atoms with Gasteiger partial charge in [0.25, 0.3) is 0 Å². The number of hydrogen-bond donors (Lipinski definition) is 2. The first kappa shape index (κ1) is 14.0. The van der Waals surface area contributed by atoms with E-state index in [9.17, 15) is 9.90 Å². The van der Waals surface area contributed by atoms with Crippen LogP contribution in [0.2, 0.25) is 0 Å². The van der Waals surface area contributed by atoms with Crippen LogP contribution in [0.4, 0.5) is 0 Å². The van der Waals surface area contributed by atoms with Crippen LogP contribution in [0.5, 0.6) is 0 Å². The molecule has 1 aromatic heterocycles. The highest BCUT2D eigenvalue weighted by molar-refractivity contribution is 9.11. The molecule has 0 aromatic carbocycles. The van der Waals surface area contributed by atoms with E-state index in [1.54, 1.807) is 11.3 Å². The van der Waals surface area contributed by atoms with E-state index in [4.69, 9.17) is 4.74 Å². The molecule has 1 aliphatic rings. The Hall–Kier alpha value is -0.430. The molecule has 0 amide bonds. The van der Waals surface area contributed by atoms with E-state index >= 15 is 0 Å². The van der Waals surface area contributed by atoms with Gasteiger partial charge in [0, 0.05) is 26.3 Å². The van der Waals surface area contributed by atoms with Gasteiger partial charge in [0.15, 0.2) is 0 Å². The van der Waals surface area contributed by atoms with E-state index in [0.29, 0.717) is 39.1 Å². The molecule has 0 bridgehead atoms. The van der Waals surface area contributed by atoms with Crippen LogP contribution in [-0.4, -0.2) is 30.8 Å². The molecule has 0 radical (unpaired) electrons. The predicted molar refractivity (Wildman–Crippen MR) is 73.8 cm³/mol. The predicted octanol–water partition coefficient (Wildman–Crippen LogP) is 2.48. The summed E-state index contributed by atoms with van der Waals surface area (Å²) >= 11 is 5.11. The van der Waals surface area contributed by atoms with Gasteiger partial charge in [-0.1, -0.05) is 0 Å². The van der Waals surface area contributed by atoms with Crippen molar-refractivity contribution in [3.05, 3.63) is 20.8 Å². The molecule has 100 valence electrons. The van der Waals surface area contributed by atoms with E-state index in [1.165, 1.54) is 5.56 Å². The second-order valence-corrected chi connectivity index (χ2v) is 6.75. The zero-order valence-electron chi connectivity index (χ0n) is 9.95. The first-order valence-electron chi connectivity index (χ1n) is 5.88. The first-order valence-corrected chi connectivity index (χ1v) is 7.55. The number of thiophene rings is 1. The molecule has 0 unspecified atom stereocenters. The summed E-state index contributed by atoms with van der Waals surface area (Å²) in [5.41, 5.74) is 0.508. The van der Waals surface area contributed by atoms with Crippen LogP contribution in [0.15, 0.2) is 15.2 Å². The maximum atomic E-state index is 11.4. The molecule has 0 saturated carbocycles. The molecule has 18 heavy (non-hydrogen) atoms. The minimum absolute atomic E-state index is 0.494. The van der Waals surface area contributed by atoms with Gasteiger partial charge in [-0.2, -0.15) is 0 Å². The van der Waals surface area contributed by atoms with Crippen LogP contribution < -0.4 is 5.32 Å². The van der Waals surface area contributed by atoms with Gasteiger partial charge < -0.3 is 15.2 Å². The van der Waals surface area contributed by atoms with E-state index in [-0.39, 0.29) is 0 Å². The van der Waals surface area contributed by atoms with Crippen molar-refractivity contribution in [1.29, 1.82) is 0 Å². The molecular formula is C12H16BrNO3S. The van der Waals surface area contributed by atoms with Gasteiger partial charge in [0.05, 0.1) is 9.20 Å². The van der Waals surface area contributed by atoms with Crippen molar-refractivity contribution in [2.24, 2.45) is 5.41 Å². The Morgan fingerprint density at radius 3 is 2.83 bits per heavy atom. The molecule has 2 rings (SSSR count). The number of nitrogens with one attached hydrogen (secondary N) is 1. The normalized spacial score (nSPS) is 18.7. The van der Waals surface area contributed by atoms with Gasteiger partial charge in [-0.15, -0.1) is 11.3 Å². The van der Waals surface area contributed by atoms with Gasteiger partial charge in [-0.05, 0) is 45.8 Å². The SMILES string of the molecule is O=C(O)C1(CNCc2ccsc2Br)CCOCC1. The van der Waals surface area contributed by atoms with Crippen LogP contribution in [-0.2, 0) is 16.1 Å². The molecule has 0 aliphatic carbocycles. The minimum Gasteiger partial charge on any atom is -0.481 e. The van der Waals surface area contributed by atoms with Gasteiger partial charge in [0.1, 0.15) is 0 Å². The fraction of sp³-hybridized carbons (Fsp3) is 0.583. The quantitative estimate of drug-likeness (QED) is 0.869. The number of halogens is 1. The van der Waals surface area contributed by atoms with Crippen LogP contribution in [0.25, 0.3) is 0 Å². The molecule has 2 N–H and O–H groups in total. The topological polar surface area (TPSA) is 58.6 Å². The molecule has 1 saturated heterocycles. The third-order valence-corrected chi connectivity index (χ3v) is 5.19. The van der Waals surface area contributed by atoms with Crippen molar-refractivity contribution in [3.63, 3.8) is 0 Å². The number of hydrogen-bond acceptors (Lipinski definition) is 4. The van der Waals surface area contributed by atoms with Crippen molar-refractivity contribution < 1.29 is 14.6 Å². The molecule has 0 atom stereocenters. The summed E-state index contributed by atoms with van der Waals surface area (Å²) in [5.74, 6) is -0.720. The number of rotatable bonds is 5. The third-order valence-electron chi connectivity index (χ3n) is 3.38. The van der Waals surface area contributed by atoms with Crippen molar-refractivity contribution in [2.75, 3.05) is 19.8 Å². The van der Waals surface area contributed by atoms with Crippen LogP contribution in [0, 0.1) is 5.41 Å². The Balaban J connectivity index is 1.90. The van der Waals surface area contributed by atoms with Crippen molar-refractivity contribution in [2.45, 2.75) is 19.4 Å². The zero-order valence-corrected chi connectivity index (χ0v) is 12.3. The highest BCUT2D eigenvalue weighted by Gasteiger charge is 2.39. The lowest BCUT2D eigenvalue weighted by Gasteiger charge is -2.33. The molecular weight excluding hydrogens is 318 g/mol. The zero-order chi connectivity index (χ0) is 13.0. The van der Waals surface area contributed by atoms with Gasteiger partial charge >= 0.3 is 5.97 Å². The van der Waals surface area contributed by atoms with E-state index in [2.05, 4.69) is 21.2 Å². The van der Waals surface area contributed by atoms with Gasteiger partial charge in [0.2, 0.25) is 0 Å². The Labute approximate surface area is 118 Å². The Bertz CT molecular complexity index is 415. The van der Waals surface area contributed by atoms with Crippen molar-refractivity contribution in [1.82, 2.24) is 5.32 Å². The molecule has 2 heterocycles. The minimum atomic E-state index is -0.720. The van der Waals surface area contributed by atoms with Crippen LogP contribution in [0.3, 0.4) is 0 Å².